The summed E-state index contributed by atoms with van der Waals surface area (Å²) in [5, 5.41) is 2.99. The van der Waals surface area contributed by atoms with E-state index in [0.717, 1.165) is 26.2 Å². The molecule has 0 aliphatic carbocycles. The lowest BCUT2D eigenvalue weighted by molar-refractivity contribution is -0.141. The molecule has 0 aliphatic rings. The molecule has 7 nitrogen and oxygen atoms in total. The second kappa shape index (κ2) is 15.1. The van der Waals surface area contributed by atoms with Gasteiger partial charge in [0.05, 0.1) is 11.9 Å². The van der Waals surface area contributed by atoms with Crippen LogP contribution in [0.1, 0.15) is 37.8 Å². The van der Waals surface area contributed by atoms with E-state index in [1.165, 1.54) is 24.3 Å². The Labute approximate surface area is 250 Å². The number of benzene rings is 3. The van der Waals surface area contributed by atoms with Crippen molar-refractivity contribution in [2.75, 3.05) is 23.7 Å². The Morgan fingerprint density at radius 3 is 2.22 bits per heavy atom. The van der Waals surface area contributed by atoms with Crippen LogP contribution in [-0.4, -0.2) is 50.5 Å². The van der Waals surface area contributed by atoms with Gasteiger partial charge in [0.25, 0.3) is 0 Å². The maximum Gasteiger partial charge on any atom is 0.243 e. The first-order chi connectivity index (χ1) is 19.4. The average molecular weight is 647 g/mol. The van der Waals surface area contributed by atoms with Gasteiger partial charge in [0.1, 0.15) is 11.9 Å². The number of halogens is 2. The fraction of sp³-hybridized carbons (Fsp3) is 0.355. The number of nitrogens with zero attached hydrogens (tertiary/aromatic N) is 2. The van der Waals surface area contributed by atoms with Crippen LogP contribution in [-0.2, 0) is 32.6 Å². The molecule has 10 heteroatoms. The topological polar surface area (TPSA) is 86.8 Å². The van der Waals surface area contributed by atoms with Crippen molar-refractivity contribution >= 4 is 43.5 Å². The summed E-state index contributed by atoms with van der Waals surface area (Å²) in [6.45, 7) is 4.73. The summed E-state index contributed by atoms with van der Waals surface area (Å²) in [4.78, 5) is 29.0. The molecule has 3 aromatic rings. The highest BCUT2D eigenvalue weighted by molar-refractivity contribution is 9.10. The van der Waals surface area contributed by atoms with Crippen LogP contribution in [0.3, 0.4) is 0 Å². The minimum absolute atomic E-state index is 0.0178. The SMILES string of the molecule is CC(C)CNC(=O)C(Cc1ccccc1)N(Cc1cccc(Br)c1)C(=O)CCCN(c1ccc(F)cc1)S(C)(=O)=O. The number of sulfonamides is 1. The maximum atomic E-state index is 13.8. The molecule has 0 aliphatic heterocycles. The Bertz CT molecular complexity index is 1400. The molecular formula is C31H37BrFN3O4S. The van der Waals surface area contributed by atoms with Crippen LogP contribution in [0.5, 0.6) is 0 Å². The predicted molar refractivity (Wildman–Crippen MR) is 164 cm³/mol. The van der Waals surface area contributed by atoms with Crippen LogP contribution in [0.2, 0.25) is 0 Å². The lowest BCUT2D eigenvalue weighted by Gasteiger charge is -2.32. The van der Waals surface area contributed by atoms with Crippen molar-refractivity contribution < 1.29 is 22.4 Å². The summed E-state index contributed by atoms with van der Waals surface area (Å²) >= 11 is 3.48. The normalized spacial score (nSPS) is 12.1. The highest BCUT2D eigenvalue weighted by atomic mass is 79.9. The number of carbonyl (C=O) groups excluding carboxylic acids is 2. The zero-order valence-corrected chi connectivity index (χ0v) is 26.0. The Morgan fingerprint density at radius 2 is 1.61 bits per heavy atom. The molecule has 0 fully saturated rings. The van der Waals surface area contributed by atoms with Crippen LogP contribution >= 0.6 is 15.9 Å². The van der Waals surface area contributed by atoms with Crippen LogP contribution in [0.15, 0.2) is 83.3 Å². The third-order valence-corrected chi connectivity index (χ3v) is 8.15. The van der Waals surface area contributed by atoms with Gasteiger partial charge in [0.2, 0.25) is 21.8 Å². The predicted octanol–water partition coefficient (Wildman–Crippen LogP) is 5.55. The summed E-state index contributed by atoms with van der Waals surface area (Å²) in [7, 11) is -3.67. The molecule has 1 N–H and O–H groups in total. The van der Waals surface area contributed by atoms with E-state index in [-0.39, 0.29) is 43.7 Å². The Kier molecular flexibility index (Phi) is 11.9. The van der Waals surface area contributed by atoms with Gasteiger partial charge in [-0.05, 0) is 59.9 Å². The van der Waals surface area contributed by atoms with Gasteiger partial charge >= 0.3 is 0 Å². The standard InChI is InChI=1S/C31H37BrFN3O4S/c1-23(2)21-34-31(38)29(20-24-9-5-4-6-10-24)35(22-25-11-7-12-26(32)19-25)30(37)13-8-18-36(41(3,39)40)28-16-14-27(33)15-17-28/h4-7,9-12,14-17,19,23,29H,8,13,18,20-22H2,1-3H3,(H,34,38). The molecule has 220 valence electrons. The summed E-state index contributed by atoms with van der Waals surface area (Å²) in [6.07, 6.45) is 1.64. The molecular weight excluding hydrogens is 609 g/mol. The largest absolute Gasteiger partial charge is 0.354 e. The minimum Gasteiger partial charge on any atom is -0.354 e. The average Bonchev–Trinajstić information content (AvgIpc) is 2.92. The molecule has 2 amide bonds. The van der Waals surface area contributed by atoms with Gasteiger partial charge in [0, 0.05) is 36.9 Å². The molecule has 1 unspecified atom stereocenters. The zero-order chi connectivity index (χ0) is 30.0. The van der Waals surface area contributed by atoms with Gasteiger partial charge in [-0.2, -0.15) is 0 Å². The zero-order valence-electron chi connectivity index (χ0n) is 23.6. The second-order valence-corrected chi connectivity index (χ2v) is 13.2. The molecule has 0 saturated carbocycles. The first-order valence-corrected chi connectivity index (χ1v) is 16.2. The molecule has 3 rings (SSSR count). The number of hydrogen-bond donors (Lipinski definition) is 1. The number of anilines is 1. The molecule has 3 aromatic carbocycles. The van der Waals surface area contributed by atoms with Crippen molar-refractivity contribution in [2.24, 2.45) is 5.92 Å². The smallest absolute Gasteiger partial charge is 0.243 e. The van der Waals surface area contributed by atoms with Gasteiger partial charge in [-0.1, -0.05) is 72.2 Å². The second-order valence-electron chi connectivity index (χ2n) is 10.4. The van der Waals surface area contributed by atoms with Crippen LogP contribution in [0, 0.1) is 11.7 Å². The van der Waals surface area contributed by atoms with Crippen molar-refractivity contribution in [1.29, 1.82) is 0 Å². The van der Waals surface area contributed by atoms with E-state index >= 15 is 0 Å². The first kappa shape index (κ1) is 32.3. The fourth-order valence-corrected chi connectivity index (χ4v) is 5.83. The number of carbonyl (C=O) groups is 2. The van der Waals surface area contributed by atoms with Gasteiger partial charge in [-0.15, -0.1) is 0 Å². The molecule has 0 bridgehead atoms. The van der Waals surface area contributed by atoms with Crippen LogP contribution in [0.4, 0.5) is 10.1 Å². The van der Waals surface area contributed by atoms with Crippen molar-refractivity contribution in [3.63, 3.8) is 0 Å². The third kappa shape index (κ3) is 10.3. The number of amides is 2. The van der Waals surface area contributed by atoms with E-state index in [4.69, 9.17) is 0 Å². The minimum atomic E-state index is -3.67. The van der Waals surface area contributed by atoms with Crippen molar-refractivity contribution in [2.45, 2.75) is 45.7 Å². The van der Waals surface area contributed by atoms with E-state index < -0.39 is 21.9 Å². The lowest BCUT2D eigenvalue weighted by atomic mass is 10.0. The molecule has 0 saturated heterocycles. The first-order valence-electron chi connectivity index (χ1n) is 13.5. The Morgan fingerprint density at radius 1 is 0.951 bits per heavy atom. The Balaban J connectivity index is 1.87. The number of nitrogens with one attached hydrogen (secondary N) is 1. The molecule has 0 radical (unpaired) electrons. The molecule has 0 aromatic heterocycles. The van der Waals surface area contributed by atoms with Gasteiger partial charge in [0.15, 0.2) is 0 Å². The molecule has 0 spiro atoms. The molecule has 1 atom stereocenters. The van der Waals surface area contributed by atoms with Gasteiger partial charge in [-0.25, -0.2) is 12.8 Å². The quantitative estimate of drug-likeness (QED) is 0.249. The van der Waals surface area contributed by atoms with Crippen LogP contribution in [0.25, 0.3) is 0 Å². The van der Waals surface area contributed by atoms with E-state index in [1.54, 1.807) is 4.90 Å². The lowest BCUT2D eigenvalue weighted by Crippen LogP contribution is -2.51. The third-order valence-electron chi connectivity index (χ3n) is 6.46. The van der Waals surface area contributed by atoms with Gasteiger partial charge < -0.3 is 10.2 Å². The van der Waals surface area contributed by atoms with E-state index in [2.05, 4.69) is 21.2 Å². The number of hydrogen-bond acceptors (Lipinski definition) is 4. The van der Waals surface area contributed by atoms with Crippen molar-refractivity contribution in [3.05, 3.63) is 100 Å². The summed E-state index contributed by atoms with van der Waals surface area (Å²) in [5.41, 5.74) is 2.10. The monoisotopic (exact) mass is 645 g/mol. The van der Waals surface area contributed by atoms with Crippen molar-refractivity contribution in [1.82, 2.24) is 10.2 Å². The fourth-order valence-electron chi connectivity index (χ4n) is 4.42. The Hall–Kier alpha value is -3.24. The van der Waals surface area contributed by atoms with Crippen LogP contribution < -0.4 is 9.62 Å². The highest BCUT2D eigenvalue weighted by Gasteiger charge is 2.30. The van der Waals surface area contributed by atoms with E-state index in [0.29, 0.717) is 18.7 Å². The van der Waals surface area contributed by atoms with Gasteiger partial charge in [-0.3, -0.25) is 13.9 Å². The van der Waals surface area contributed by atoms with E-state index in [9.17, 15) is 22.4 Å². The summed E-state index contributed by atoms with van der Waals surface area (Å²) < 4.78 is 40.5. The highest BCUT2D eigenvalue weighted by Crippen LogP contribution is 2.21. The maximum absolute atomic E-state index is 13.8. The summed E-state index contributed by atoms with van der Waals surface area (Å²) in [5.74, 6) is -0.743. The molecule has 41 heavy (non-hydrogen) atoms. The molecule has 0 heterocycles. The number of rotatable bonds is 14. The van der Waals surface area contributed by atoms with Crippen molar-refractivity contribution in [3.8, 4) is 0 Å². The summed E-state index contributed by atoms with van der Waals surface area (Å²) in [6, 6.07) is 21.5. The van der Waals surface area contributed by atoms with E-state index in [1.807, 2.05) is 68.4 Å².